The van der Waals surface area contributed by atoms with Crippen LogP contribution in [0.5, 0.6) is 0 Å². The molecular weight excluding hydrogens is 407 g/mol. The molecule has 3 N–H and O–H groups in total. The number of likely N-dealkylation sites (tertiary alicyclic amines) is 1. The number of rotatable bonds is 6. The molecule has 0 aliphatic carbocycles. The van der Waals surface area contributed by atoms with Crippen LogP contribution in [0, 0.1) is 18.7 Å². The van der Waals surface area contributed by atoms with Crippen molar-refractivity contribution < 1.29 is 14.0 Å². The highest BCUT2D eigenvalue weighted by molar-refractivity contribution is 5.89. The van der Waals surface area contributed by atoms with Crippen molar-refractivity contribution in [2.75, 3.05) is 31.5 Å². The number of urea groups is 2. The lowest BCUT2D eigenvalue weighted by Gasteiger charge is -2.34. The lowest BCUT2D eigenvalue weighted by molar-refractivity contribution is 0.163. The van der Waals surface area contributed by atoms with Crippen LogP contribution in [0.25, 0.3) is 0 Å². The third-order valence-corrected chi connectivity index (χ3v) is 5.95. The summed E-state index contributed by atoms with van der Waals surface area (Å²) in [5.41, 5.74) is 2.34. The van der Waals surface area contributed by atoms with Crippen molar-refractivity contribution in [1.29, 1.82) is 0 Å². The highest BCUT2D eigenvalue weighted by Crippen LogP contribution is 2.23. The minimum absolute atomic E-state index is 0.122. The first kappa shape index (κ1) is 23.6. The van der Waals surface area contributed by atoms with Crippen LogP contribution in [0.4, 0.5) is 19.7 Å². The molecule has 1 heterocycles. The molecule has 0 bridgehead atoms. The van der Waals surface area contributed by atoms with Crippen molar-refractivity contribution in [3.8, 4) is 0 Å². The van der Waals surface area contributed by atoms with Crippen LogP contribution in [-0.4, -0.2) is 43.1 Å². The number of piperidine rings is 1. The van der Waals surface area contributed by atoms with E-state index in [1.807, 2.05) is 51.1 Å². The predicted octanol–water partition coefficient (Wildman–Crippen LogP) is 4.66. The van der Waals surface area contributed by atoms with Gasteiger partial charge in [-0.05, 0) is 55.5 Å². The maximum absolute atomic E-state index is 13.6. The standard InChI is InChI=1S/C25H33FN4O2/c1-18-9-11-22(12-10-18)29-23(31)27-15-19-6-5-13-30(16-19)24(32)28-17-25(2,3)20-7-4-8-21(26)14-20/h4,7-12,14,19H,5-6,13,15-17H2,1-3H3,(H,28,32)(H2,27,29,31). The second-order valence-electron chi connectivity index (χ2n) is 9.21. The van der Waals surface area contributed by atoms with E-state index < -0.39 is 0 Å². The molecule has 6 nitrogen and oxygen atoms in total. The molecule has 0 aromatic heterocycles. The van der Waals surface area contributed by atoms with Gasteiger partial charge in [-0.2, -0.15) is 0 Å². The first-order chi connectivity index (χ1) is 15.2. The van der Waals surface area contributed by atoms with E-state index in [1.165, 1.54) is 12.1 Å². The molecule has 1 aliphatic heterocycles. The molecule has 2 aromatic carbocycles. The maximum atomic E-state index is 13.6. The van der Waals surface area contributed by atoms with Crippen LogP contribution < -0.4 is 16.0 Å². The smallest absolute Gasteiger partial charge is 0.319 e. The molecule has 1 saturated heterocycles. The number of amides is 4. The van der Waals surface area contributed by atoms with Gasteiger partial charge in [0, 0.05) is 37.3 Å². The quantitative estimate of drug-likeness (QED) is 0.612. The molecule has 32 heavy (non-hydrogen) atoms. The minimum atomic E-state index is -0.386. The van der Waals surface area contributed by atoms with E-state index >= 15 is 0 Å². The Bertz CT molecular complexity index is 930. The number of hydrogen-bond donors (Lipinski definition) is 3. The van der Waals surface area contributed by atoms with Crippen molar-refractivity contribution in [3.05, 3.63) is 65.5 Å². The normalized spacial score (nSPS) is 16.4. The molecule has 172 valence electrons. The van der Waals surface area contributed by atoms with Crippen LogP contribution in [-0.2, 0) is 5.41 Å². The summed E-state index contributed by atoms with van der Waals surface area (Å²) in [7, 11) is 0. The van der Waals surface area contributed by atoms with E-state index in [4.69, 9.17) is 0 Å². The Balaban J connectivity index is 1.44. The number of hydrogen-bond acceptors (Lipinski definition) is 2. The molecule has 1 atom stereocenters. The number of nitrogens with one attached hydrogen (secondary N) is 3. The van der Waals surface area contributed by atoms with E-state index in [2.05, 4.69) is 16.0 Å². The van der Waals surface area contributed by atoms with Gasteiger partial charge < -0.3 is 20.9 Å². The Kier molecular flexibility index (Phi) is 7.72. The van der Waals surface area contributed by atoms with E-state index in [0.29, 0.717) is 26.2 Å². The highest BCUT2D eigenvalue weighted by atomic mass is 19.1. The number of halogens is 1. The summed E-state index contributed by atoms with van der Waals surface area (Å²) in [6, 6.07) is 13.8. The molecule has 1 fully saturated rings. The zero-order chi connectivity index (χ0) is 23.1. The second-order valence-corrected chi connectivity index (χ2v) is 9.21. The fourth-order valence-electron chi connectivity index (χ4n) is 3.89. The van der Waals surface area contributed by atoms with Gasteiger partial charge in [0.05, 0.1) is 0 Å². The topological polar surface area (TPSA) is 73.5 Å². The third-order valence-electron chi connectivity index (χ3n) is 5.95. The van der Waals surface area contributed by atoms with E-state index in [1.54, 1.807) is 11.0 Å². The van der Waals surface area contributed by atoms with Crippen LogP contribution >= 0.6 is 0 Å². The SMILES string of the molecule is Cc1ccc(NC(=O)NCC2CCCN(C(=O)NCC(C)(C)c3cccc(F)c3)C2)cc1. The molecule has 3 rings (SSSR count). The number of benzene rings is 2. The summed E-state index contributed by atoms with van der Waals surface area (Å²) in [6.45, 7) is 8.17. The number of carbonyl (C=O) groups excluding carboxylic acids is 2. The van der Waals surface area contributed by atoms with Gasteiger partial charge in [0.1, 0.15) is 5.82 Å². The average Bonchev–Trinajstić information content (AvgIpc) is 2.78. The van der Waals surface area contributed by atoms with Crippen LogP contribution in [0.15, 0.2) is 48.5 Å². The molecule has 7 heteroatoms. The number of anilines is 1. The first-order valence-electron chi connectivity index (χ1n) is 11.1. The van der Waals surface area contributed by atoms with Crippen molar-refractivity contribution >= 4 is 17.7 Å². The Morgan fingerprint density at radius 1 is 1.12 bits per heavy atom. The average molecular weight is 441 g/mol. The fourth-order valence-corrected chi connectivity index (χ4v) is 3.89. The van der Waals surface area contributed by atoms with E-state index in [-0.39, 0.29) is 29.2 Å². The van der Waals surface area contributed by atoms with Gasteiger partial charge in [0.15, 0.2) is 0 Å². The first-order valence-corrected chi connectivity index (χ1v) is 11.1. The predicted molar refractivity (Wildman–Crippen MR) is 125 cm³/mol. The molecule has 0 radical (unpaired) electrons. The zero-order valence-corrected chi connectivity index (χ0v) is 19.1. The second kappa shape index (κ2) is 10.5. The summed E-state index contributed by atoms with van der Waals surface area (Å²) >= 11 is 0. The van der Waals surface area contributed by atoms with E-state index in [9.17, 15) is 14.0 Å². The number of nitrogens with zero attached hydrogens (tertiary/aromatic N) is 1. The van der Waals surface area contributed by atoms with Crippen LogP contribution in [0.1, 0.15) is 37.8 Å². The molecule has 1 aliphatic rings. The van der Waals surface area contributed by atoms with Crippen LogP contribution in [0.3, 0.4) is 0 Å². The number of carbonyl (C=O) groups is 2. The highest BCUT2D eigenvalue weighted by Gasteiger charge is 2.27. The molecule has 2 aromatic rings. The summed E-state index contributed by atoms with van der Waals surface area (Å²) in [5, 5.41) is 8.74. The van der Waals surface area contributed by atoms with Gasteiger partial charge in [0.2, 0.25) is 0 Å². The zero-order valence-electron chi connectivity index (χ0n) is 19.1. The fraction of sp³-hybridized carbons (Fsp3) is 0.440. The van der Waals surface area contributed by atoms with Gasteiger partial charge in [-0.25, -0.2) is 14.0 Å². The molecule has 0 spiro atoms. The summed E-state index contributed by atoms with van der Waals surface area (Å²) in [4.78, 5) is 26.7. The Hall–Kier alpha value is -3.09. The van der Waals surface area contributed by atoms with Gasteiger partial charge >= 0.3 is 12.1 Å². The Labute approximate surface area is 189 Å². The lowest BCUT2D eigenvalue weighted by atomic mass is 9.84. The summed E-state index contributed by atoms with van der Waals surface area (Å²) < 4.78 is 13.6. The Morgan fingerprint density at radius 3 is 2.59 bits per heavy atom. The van der Waals surface area contributed by atoms with Gasteiger partial charge in [0.25, 0.3) is 0 Å². The van der Waals surface area contributed by atoms with Crippen LogP contribution in [0.2, 0.25) is 0 Å². The van der Waals surface area contributed by atoms with Crippen molar-refractivity contribution in [2.24, 2.45) is 5.92 Å². The molecule has 1 unspecified atom stereocenters. The van der Waals surface area contributed by atoms with Gasteiger partial charge in [-0.1, -0.05) is 43.7 Å². The van der Waals surface area contributed by atoms with Crippen molar-refractivity contribution in [1.82, 2.24) is 15.5 Å². The molecule has 0 saturated carbocycles. The molecule has 4 amide bonds. The third kappa shape index (κ3) is 6.70. The van der Waals surface area contributed by atoms with Gasteiger partial charge in [-0.15, -0.1) is 0 Å². The monoisotopic (exact) mass is 440 g/mol. The largest absolute Gasteiger partial charge is 0.338 e. The summed E-state index contributed by atoms with van der Waals surface area (Å²) in [6.07, 6.45) is 1.86. The van der Waals surface area contributed by atoms with E-state index in [0.717, 1.165) is 29.7 Å². The van der Waals surface area contributed by atoms with Gasteiger partial charge in [-0.3, -0.25) is 0 Å². The maximum Gasteiger partial charge on any atom is 0.319 e. The summed E-state index contributed by atoms with van der Waals surface area (Å²) in [5.74, 6) is -0.0748. The lowest BCUT2D eigenvalue weighted by Crippen LogP contribution is -2.50. The minimum Gasteiger partial charge on any atom is -0.338 e. The van der Waals surface area contributed by atoms with Crippen molar-refractivity contribution in [3.63, 3.8) is 0 Å². The molecular formula is C25H33FN4O2. The van der Waals surface area contributed by atoms with Crippen molar-refractivity contribution in [2.45, 2.75) is 39.0 Å². The number of aryl methyl sites for hydroxylation is 1. The Morgan fingerprint density at radius 2 is 1.88 bits per heavy atom.